The third kappa shape index (κ3) is 2.32. The highest BCUT2D eigenvalue weighted by molar-refractivity contribution is 6.24. The molecule has 27 heavy (non-hydrogen) atoms. The summed E-state index contributed by atoms with van der Waals surface area (Å²) in [6.07, 6.45) is 1.03. The number of imide groups is 1. The number of fused-ring (bicyclic) bond motifs is 3. The van der Waals surface area contributed by atoms with Crippen LogP contribution in [-0.4, -0.2) is 41.0 Å². The summed E-state index contributed by atoms with van der Waals surface area (Å²) in [7, 11) is 0. The minimum absolute atomic E-state index is 0.0646. The minimum Gasteiger partial charge on any atom is -0.274 e. The molecule has 2 aromatic rings. The van der Waals surface area contributed by atoms with Crippen LogP contribution in [0.1, 0.15) is 29.2 Å². The second kappa shape index (κ2) is 6.01. The van der Waals surface area contributed by atoms with E-state index < -0.39 is 0 Å². The van der Waals surface area contributed by atoms with Gasteiger partial charge in [0.1, 0.15) is 6.04 Å². The first-order valence-electron chi connectivity index (χ1n) is 9.61. The first-order valence-corrected chi connectivity index (χ1v) is 9.61. The molecule has 3 heterocycles. The summed E-state index contributed by atoms with van der Waals surface area (Å²) in [5.41, 5.74) is 3.85. The Labute approximate surface area is 159 Å². The van der Waals surface area contributed by atoms with Crippen molar-refractivity contribution in [2.45, 2.75) is 32.4 Å². The molecule has 3 saturated heterocycles. The number of carbonyl (C=O) groups is 2. The third-order valence-electron chi connectivity index (χ3n) is 6.15. The fourth-order valence-electron chi connectivity index (χ4n) is 4.96. The van der Waals surface area contributed by atoms with Crippen LogP contribution < -0.4 is 4.90 Å². The van der Waals surface area contributed by atoms with Gasteiger partial charge in [0.05, 0.1) is 17.6 Å². The number of benzene rings is 2. The monoisotopic (exact) mass is 361 g/mol. The van der Waals surface area contributed by atoms with E-state index in [9.17, 15) is 9.59 Å². The molecule has 138 valence electrons. The van der Waals surface area contributed by atoms with Crippen molar-refractivity contribution in [3.05, 3.63) is 65.2 Å². The van der Waals surface area contributed by atoms with E-state index in [4.69, 9.17) is 0 Å². The van der Waals surface area contributed by atoms with Crippen molar-refractivity contribution in [1.29, 1.82) is 0 Å². The van der Waals surface area contributed by atoms with E-state index in [1.54, 1.807) is 0 Å². The zero-order chi connectivity index (χ0) is 18.7. The Bertz CT molecular complexity index is 926. The lowest BCUT2D eigenvalue weighted by atomic mass is 9.90. The molecule has 0 unspecified atom stereocenters. The topological polar surface area (TPSA) is 43.9 Å². The lowest BCUT2D eigenvalue weighted by Crippen LogP contribution is -2.44. The van der Waals surface area contributed by atoms with Crippen LogP contribution in [0.4, 0.5) is 5.69 Å². The van der Waals surface area contributed by atoms with Crippen LogP contribution in [-0.2, 0) is 9.59 Å². The number of amides is 2. The summed E-state index contributed by atoms with van der Waals surface area (Å²) in [6, 6.07) is 15.6. The first kappa shape index (κ1) is 16.7. The molecular weight excluding hydrogens is 338 g/mol. The Morgan fingerprint density at radius 3 is 2.30 bits per heavy atom. The van der Waals surface area contributed by atoms with Crippen LogP contribution >= 0.6 is 0 Å². The molecule has 3 aliphatic rings. The fraction of sp³-hybridized carbons (Fsp3) is 0.364. The predicted molar refractivity (Wildman–Crippen MR) is 103 cm³/mol. The summed E-state index contributed by atoms with van der Waals surface area (Å²) in [6.45, 7) is 5.69. The molecule has 5 heteroatoms. The number of anilines is 1. The van der Waals surface area contributed by atoms with Gasteiger partial charge in [0.25, 0.3) is 5.91 Å². The van der Waals surface area contributed by atoms with Gasteiger partial charge in [-0.15, -0.1) is 0 Å². The summed E-state index contributed by atoms with van der Waals surface area (Å²) in [5.74, 6) is -0.494. The molecule has 0 radical (unpaired) electrons. The second-order valence-corrected chi connectivity index (χ2v) is 7.81. The smallest absolute Gasteiger partial charge is 0.253 e. The lowest BCUT2D eigenvalue weighted by Gasteiger charge is -2.30. The second-order valence-electron chi connectivity index (χ2n) is 7.81. The van der Waals surface area contributed by atoms with Crippen molar-refractivity contribution in [3.8, 4) is 0 Å². The number of hydrogen-bond acceptors (Lipinski definition) is 4. The highest BCUT2D eigenvalue weighted by Gasteiger charge is 2.62. The molecule has 2 aromatic carbocycles. The maximum atomic E-state index is 13.5. The van der Waals surface area contributed by atoms with Crippen LogP contribution in [0, 0.1) is 19.8 Å². The molecule has 3 aliphatic heterocycles. The molecular formula is C22H23N3O2. The molecule has 5 nitrogen and oxygen atoms in total. The van der Waals surface area contributed by atoms with Gasteiger partial charge < -0.3 is 0 Å². The van der Waals surface area contributed by atoms with E-state index in [1.165, 1.54) is 4.90 Å². The Hall–Kier alpha value is -2.50. The number of hydrazine groups is 1. The molecule has 3 atom stereocenters. The van der Waals surface area contributed by atoms with E-state index in [0.717, 1.165) is 41.9 Å². The summed E-state index contributed by atoms with van der Waals surface area (Å²) < 4.78 is 0. The third-order valence-corrected chi connectivity index (χ3v) is 6.15. The average molecular weight is 361 g/mol. The predicted octanol–water partition coefficient (Wildman–Crippen LogP) is 2.84. The summed E-state index contributed by atoms with van der Waals surface area (Å²) in [4.78, 5) is 28.4. The Morgan fingerprint density at radius 1 is 0.852 bits per heavy atom. The fourth-order valence-corrected chi connectivity index (χ4v) is 4.96. The van der Waals surface area contributed by atoms with E-state index in [0.29, 0.717) is 0 Å². The van der Waals surface area contributed by atoms with Crippen molar-refractivity contribution < 1.29 is 9.59 Å². The largest absolute Gasteiger partial charge is 0.274 e. The van der Waals surface area contributed by atoms with Crippen molar-refractivity contribution in [2.24, 2.45) is 5.92 Å². The van der Waals surface area contributed by atoms with Crippen molar-refractivity contribution >= 4 is 17.5 Å². The molecule has 0 bridgehead atoms. The van der Waals surface area contributed by atoms with Crippen LogP contribution in [0.25, 0.3) is 0 Å². The van der Waals surface area contributed by atoms with Gasteiger partial charge in [0.15, 0.2) is 0 Å². The normalized spacial score (nSPS) is 28.1. The molecule has 0 spiro atoms. The lowest BCUT2D eigenvalue weighted by molar-refractivity contribution is -0.126. The molecule has 0 N–H and O–H groups in total. The highest BCUT2D eigenvalue weighted by Crippen LogP contribution is 2.49. The first-order chi connectivity index (χ1) is 13.1. The Morgan fingerprint density at radius 2 is 1.56 bits per heavy atom. The van der Waals surface area contributed by atoms with Crippen molar-refractivity contribution in [1.82, 2.24) is 10.0 Å². The molecule has 0 saturated carbocycles. The van der Waals surface area contributed by atoms with Gasteiger partial charge in [-0.1, -0.05) is 42.5 Å². The molecule has 0 aliphatic carbocycles. The SMILES string of the molecule is Cc1ccc(C)c(N2C(=O)[C@@H]3[C@@H](c4ccccc4)N4CCCN4[C@H]3C2=O)c1. The molecule has 2 amide bonds. The quantitative estimate of drug-likeness (QED) is 0.772. The Kier molecular flexibility index (Phi) is 3.71. The van der Waals surface area contributed by atoms with E-state index in [1.807, 2.05) is 50.2 Å². The molecule has 0 aromatic heterocycles. The maximum Gasteiger partial charge on any atom is 0.253 e. The van der Waals surface area contributed by atoms with Crippen LogP contribution in [0.3, 0.4) is 0 Å². The number of rotatable bonds is 2. The molecule has 5 rings (SSSR count). The number of carbonyl (C=O) groups excluding carboxylic acids is 2. The van der Waals surface area contributed by atoms with Crippen molar-refractivity contribution in [3.63, 3.8) is 0 Å². The maximum absolute atomic E-state index is 13.5. The van der Waals surface area contributed by atoms with Crippen LogP contribution in [0.5, 0.6) is 0 Å². The summed E-state index contributed by atoms with van der Waals surface area (Å²) >= 11 is 0. The van der Waals surface area contributed by atoms with Gasteiger partial charge >= 0.3 is 0 Å². The van der Waals surface area contributed by atoms with Crippen molar-refractivity contribution in [2.75, 3.05) is 18.0 Å². The number of aryl methyl sites for hydroxylation is 2. The van der Waals surface area contributed by atoms with E-state index in [2.05, 4.69) is 22.2 Å². The zero-order valence-electron chi connectivity index (χ0n) is 15.6. The Balaban J connectivity index is 1.61. The van der Waals surface area contributed by atoms with Gasteiger partial charge in [0.2, 0.25) is 5.91 Å². The van der Waals surface area contributed by atoms with E-state index >= 15 is 0 Å². The van der Waals surface area contributed by atoms with Gasteiger partial charge in [-0.3, -0.25) is 9.59 Å². The number of nitrogens with zero attached hydrogens (tertiary/aromatic N) is 3. The molecule has 3 fully saturated rings. The standard InChI is InChI=1S/C22H23N3O2/c1-14-9-10-15(2)17(13-14)25-21(26)18-19(16-7-4-3-5-8-16)23-11-6-12-24(23)20(18)22(25)27/h3-5,7-10,13,18-20H,6,11-12H2,1-2H3/t18-,19-,20-/m1/s1. The van der Waals surface area contributed by atoms with Gasteiger partial charge in [-0.25, -0.2) is 14.9 Å². The minimum atomic E-state index is -0.384. The van der Waals surface area contributed by atoms with Crippen LogP contribution in [0.2, 0.25) is 0 Å². The average Bonchev–Trinajstić information content (AvgIpc) is 3.31. The van der Waals surface area contributed by atoms with Gasteiger partial charge in [-0.05, 0) is 43.0 Å². The number of hydrogen-bond donors (Lipinski definition) is 0. The highest BCUT2D eigenvalue weighted by atomic mass is 16.2. The van der Waals surface area contributed by atoms with Crippen LogP contribution in [0.15, 0.2) is 48.5 Å². The summed E-state index contributed by atoms with van der Waals surface area (Å²) in [5, 5.41) is 4.40. The van der Waals surface area contributed by atoms with Gasteiger partial charge in [-0.2, -0.15) is 0 Å². The van der Waals surface area contributed by atoms with Gasteiger partial charge in [0, 0.05) is 13.1 Å². The van der Waals surface area contributed by atoms with E-state index in [-0.39, 0.29) is 29.8 Å². The zero-order valence-corrected chi connectivity index (χ0v) is 15.6.